The van der Waals surface area contributed by atoms with Crippen LogP contribution in [0.5, 0.6) is 0 Å². The summed E-state index contributed by atoms with van der Waals surface area (Å²) in [5.41, 5.74) is 6.66. The molecule has 1 atom stereocenters. The number of anilines is 1. The smallest absolute Gasteiger partial charge is 0.150 e. The molecule has 1 aromatic carbocycles. The van der Waals surface area contributed by atoms with Crippen molar-refractivity contribution in [2.75, 3.05) is 5.73 Å². The molecule has 2 N–H and O–H groups in total. The van der Waals surface area contributed by atoms with Gasteiger partial charge >= 0.3 is 0 Å². The van der Waals surface area contributed by atoms with E-state index in [-0.39, 0.29) is 10.8 Å². The van der Waals surface area contributed by atoms with E-state index in [2.05, 4.69) is 4.98 Å². The van der Waals surface area contributed by atoms with Gasteiger partial charge in [-0.3, -0.25) is 4.21 Å². The lowest BCUT2D eigenvalue weighted by molar-refractivity contribution is 0.627. The summed E-state index contributed by atoms with van der Waals surface area (Å²) in [6.45, 7) is 0. The van der Waals surface area contributed by atoms with Crippen LogP contribution in [0.15, 0.2) is 41.6 Å². The lowest BCUT2D eigenvalue weighted by Gasteiger charge is -2.06. The van der Waals surface area contributed by atoms with Gasteiger partial charge in [0, 0.05) is 11.2 Å². The van der Waals surface area contributed by atoms with Gasteiger partial charge in [-0.15, -0.1) is 0 Å². The number of nitrogens with zero attached hydrogens (tertiary/aromatic N) is 1. The first-order valence-corrected chi connectivity index (χ1v) is 6.80. The molecule has 1 aromatic heterocycles. The van der Waals surface area contributed by atoms with Crippen molar-refractivity contribution in [1.29, 1.82) is 0 Å². The molecule has 0 fully saturated rings. The SMILES string of the molecule is Nc1cccnc1S(=O)Cc1ccc(F)cc1Cl. The number of nitrogen functional groups attached to an aromatic ring is 1. The van der Waals surface area contributed by atoms with Gasteiger partial charge in [-0.05, 0) is 29.8 Å². The van der Waals surface area contributed by atoms with Gasteiger partial charge in [0.25, 0.3) is 0 Å². The number of halogens is 2. The highest BCUT2D eigenvalue weighted by Gasteiger charge is 2.12. The van der Waals surface area contributed by atoms with Gasteiger partial charge in [0.2, 0.25) is 0 Å². The second kappa shape index (κ2) is 5.46. The molecule has 0 bridgehead atoms. The molecule has 94 valence electrons. The van der Waals surface area contributed by atoms with E-state index in [1.54, 1.807) is 12.1 Å². The van der Waals surface area contributed by atoms with Crippen LogP contribution in [-0.4, -0.2) is 9.19 Å². The molecule has 2 aromatic rings. The monoisotopic (exact) mass is 284 g/mol. The third-order valence-electron chi connectivity index (χ3n) is 2.32. The highest BCUT2D eigenvalue weighted by Crippen LogP contribution is 2.22. The number of pyridine rings is 1. The Kier molecular flexibility index (Phi) is 3.93. The Morgan fingerprint density at radius 2 is 2.17 bits per heavy atom. The Labute approximate surface area is 111 Å². The van der Waals surface area contributed by atoms with Crippen molar-refractivity contribution in [3.63, 3.8) is 0 Å². The minimum absolute atomic E-state index is 0.153. The summed E-state index contributed by atoms with van der Waals surface area (Å²) >= 11 is 5.87. The van der Waals surface area contributed by atoms with E-state index in [1.165, 1.54) is 24.4 Å². The van der Waals surface area contributed by atoms with Crippen molar-refractivity contribution in [2.24, 2.45) is 0 Å². The molecule has 3 nitrogen and oxygen atoms in total. The predicted molar refractivity (Wildman–Crippen MR) is 70.2 cm³/mol. The van der Waals surface area contributed by atoms with E-state index in [0.717, 1.165) is 0 Å². The van der Waals surface area contributed by atoms with E-state index >= 15 is 0 Å². The first-order valence-electron chi connectivity index (χ1n) is 5.10. The van der Waals surface area contributed by atoms with Crippen molar-refractivity contribution >= 4 is 28.1 Å². The first kappa shape index (κ1) is 13.0. The second-order valence-corrected chi connectivity index (χ2v) is 5.40. The molecule has 0 saturated heterocycles. The maximum atomic E-state index is 12.9. The molecule has 0 aliphatic carbocycles. The summed E-state index contributed by atoms with van der Waals surface area (Å²) in [4.78, 5) is 3.98. The normalized spacial score (nSPS) is 12.3. The van der Waals surface area contributed by atoms with E-state index in [9.17, 15) is 8.60 Å². The van der Waals surface area contributed by atoms with Crippen molar-refractivity contribution < 1.29 is 8.60 Å². The third kappa shape index (κ3) is 2.86. The van der Waals surface area contributed by atoms with Crippen LogP contribution >= 0.6 is 11.6 Å². The van der Waals surface area contributed by atoms with Crippen molar-refractivity contribution in [2.45, 2.75) is 10.8 Å². The quantitative estimate of drug-likeness (QED) is 0.943. The van der Waals surface area contributed by atoms with Crippen LogP contribution in [0.4, 0.5) is 10.1 Å². The minimum Gasteiger partial charge on any atom is -0.396 e. The Morgan fingerprint density at radius 1 is 1.39 bits per heavy atom. The Hall–Kier alpha value is -1.46. The Balaban J connectivity index is 2.24. The Bertz CT molecular complexity index is 606. The molecule has 0 aliphatic heterocycles. The summed E-state index contributed by atoms with van der Waals surface area (Å²) in [5, 5.41) is 0.566. The molecule has 18 heavy (non-hydrogen) atoms. The van der Waals surface area contributed by atoms with Crippen LogP contribution in [0.2, 0.25) is 5.02 Å². The van der Waals surface area contributed by atoms with Gasteiger partial charge in [-0.2, -0.15) is 0 Å². The second-order valence-electron chi connectivity index (χ2n) is 3.62. The predicted octanol–water partition coefficient (Wildman–Crippen LogP) is 2.76. The fraction of sp³-hybridized carbons (Fsp3) is 0.0833. The summed E-state index contributed by atoms with van der Waals surface area (Å²) in [7, 11) is -1.41. The fourth-order valence-electron chi connectivity index (χ4n) is 1.44. The highest BCUT2D eigenvalue weighted by atomic mass is 35.5. The highest BCUT2D eigenvalue weighted by molar-refractivity contribution is 7.84. The zero-order valence-corrected chi connectivity index (χ0v) is 10.8. The van der Waals surface area contributed by atoms with Crippen LogP contribution in [0.3, 0.4) is 0 Å². The van der Waals surface area contributed by atoms with Crippen molar-refractivity contribution in [3.05, 3.63) is 52.9 Å². The van der Waals surface area contributed by atoms with Crippen LogP contribution < -0.4 is 5.73 Å². The largest absolute Gasteiger partial charge is 0.396 e. The number of benzene rings is 1. The van der Waals surface area contributed by atoms with Gasteiger partial charge < -0.3 is 5.73 Å². The Morgan fingerprint density at radius 3 is 2.83 bits per heavy atom. The molecule has 1 unspecified atom stereocenters. The molecule has 1 heterocycles. The van der Waals surface area contributed by atoms with Gasteiger partial charge in [-0.25, -0.2) is 9.37 Å². The minimum atomic E-state index is -1.41. The molecule has 0 spiro atoms. The number of rotatable bonds is 3. The van der Waals surface area contributed by atoms with Crippen molar-refractivity contribution in [1.82, 2.24) is 4.98 Å². The number of nitrogens with two attached hydrogens (primary N) is 1. The average Bonchev–Trinajstić information content (AvgIpc) is 2.33. The molecular weight excluding hydrogens is 275 g/mol. The van der Waals surface area contributed by atoms with Crippen LogP contribution in [0.1, 0.15) is 5.56 Å². The lowest BCUT2D eigenvalue weighted by Crippen LogP contribution is -2.03. The zero-order chi connectivity index (χ0) is 13.1. The van der Waals surface area contributed by atoms with Crippen molar-refractivity contribution in [3.8, 4) is 0 Å². The van der Waals surface area contributed by atoms with E-state index in [1.807, 2.05) is 0 Å². The standard InChI is InChI=1S/C12H10ClFN2OS/c13-10-6-9(14)4-3-8(10)7-18(17)12-11(15)2-1-5-16-12/h1-6H,7,15H2. The zero-order valence-electron chi connectivity index (χ0n) is 9.27. The van der Waals surface area contributed by atoms with E-state index in [0.29, 0.717) is 16.3 Å². The molecule has 6 heteroatoms. The number of aromatic nitrogens is 1. The van der Waals surface area contributed by atoms with Crippen LogP contribution in [0, 0.1) is 5.82 Å². The molecule has 0 radical (unpaired) electrons. The third-order valence-corrected chi connectivity index (χ3v) is 4.02. The first-order chi connectivity index (χ1) is 8.58. The van der Waals surface area contributed by atoms with Crippen LogP contribution in [0.25, 0.3) is 0 Å². The summed E-state index contributed by atoms with van der Waals surface area (Å²) in [6.07, 6.45) is 1.52. The topological polar surface area (TPSA) is 56.0 Å². The molecule has 0 saturated carbocycles. The van der Waals surface area contributed by atoms with Gasteiger partial charge in [0.1, 0.15) is 10.8 Å². The molecule has 0 aliphatic rings. The van der Waals surface area contributed by atoms with Gasteiger partial charge in [0.15, 0.2) is 0 Å². The van der Waals surface area contributed by atoms with Gasteiger partial charge in [-0.1, -0.05) is 17.7 Å². The van der Waals surface area contributed by atoms with E-state index < -0.39 is 16.6 Å². The molecule has 0 amide bonds. The fourth-order valence-corrected chi connectivity index (χ4v) is 2.94. The van der Waals surface area contributed by atoms with E-state index in [4.69, 9.17) is 17.3 Å². The van der Waals surface area contributed by atoms with Crippen LogP contribution in [-0.2, 0) is 16.6 Å². The van der Waals surface area contributed by atoms with Gasteiger partial charge in [0.05, 0.1) is 22.2 Å². The maximum Gasteiger partial charge on any atom is 0.150 e. The molecular formula is C12H10ClFN2OS. The summed E-state index contributed by atoms with van der Waals surface area (Å²) in [5.74, 6) is -0.271. The lowest BCUT2D eigenvalue weighted by atomic mass is 10.2. The summed E-state index contributed by atoms with van der Waals surface area (Å²) < 4.78 is 25.0. The maximum absolute atomic E-state index is 12.9. The summed E-state index contributed by atoms with van der Waals surface area (Å²) in [6, 6.07) is 7.28. The average molecular weight is 285 g/mol. The molecule has 2 rings (SSSR count). The number of hydrogen-bond acceptors (Lipinski definition) is 3. The number of hydrogen-bond donors (Lipinski definition) is 1.